The van der Waals surface area contributed by atoms with Crippen molar-refractivity contribution in [2.24, 2.45) is 0 Å². The SMILES string of the molecule is CCc1ccc(N2C(=O)C[C@@H](N3CCOCC3)C2=O)cc1. The third-order valence-electron chi connectivity index (χ3n) is 4.21. The van der Waals surface area contributed by atoms with E-state index in [0.717, 1.165) is 6.42 Å². The van der Waals surface area contributed by atoms with Gasteiger partial charge < -0.3 is 4.74 Å². The molecule has 0 aliphatic carbocycles. The number of anilines is 1. The second-order valence-corrected chi connectivity index (χ2v) is 5.46. The van der Waals surface area contributed by atoms with Gasteiger partial charge in [-0.3, -0.25) is 14.5 Å². The van der Waals surface area contributed by atoms with Crippen LogP contribution in [0.1, 0.15) is 18.9 Å². The Morgan fingerprint density at radius 2 is 1.81 bits per heavy atom. The largest absolute Gasteiger partial charge is 0.379 e. The number of carbonyl (C=O) groups excluding carboxylic acids is 2. The highest BCUT2D eigenvalue weighted by Crippen LogP contribution is 2.26. The lowest BCUT2D eigenvalue weighted by atomic mass is 10.1. The fraction of sp³-hybridized carbons (Fsp3) is 0.500. The van der Waals surface area contributed by atoms with Crippen LogP contribution in [-0.4, -0.2) is 49.1 Å². The smallest absolute Gasteiger partial charge is 0.251 e. The number of hydrogen-bond acceptors (Lipinski definition) is 4. The number of rotatable bonds is 3. The van der Waals surface area contributed by atoms with Crippen molar-refractivity contribution in [1.29, 1.82) is 0 Å². The van der Waals surface area contributed by atoms with E-state index in [2.05, 4.69) is 11.8 Å². The third-order valence-corrected chi connectivity index (χ3v) is 4.21. The molecule has 0 spiro atoms. The van der Waals surface area contributed by atoms with Gasteiger partial charge in [0.1, 0.15) is 0 Å². The van der Waals surface area contributed by atoms with E-state index < -0.39 is 0 Å². The Kier molecular flexibility index (Phi) is 4.03. The first-order valence-corrected chi connectivity index (χ1v) is 7.48. The summed E-state index contributed by atoms with van der Waals surface area (Å²) < 4.78 is 5.31. The summed E-state index contributed by atoms with van der Waals surface area (Å²) in [5.74, 6) is -0.216. The molecule has 2 amide bonds. The first-order chi connectivity index (χ1) is 10.2. The highest BCUT2D eigenvalue weighted by atomic mass is 16.5. The number of amides is 2. The second-order valence-electron chi connectivity index (χ2n) is 5.46. The van der Waals surface area contributed by atoms with E-state index in [1.165, 1.54) is 10.5 Å². The zero-order chi connectivity index (χ0) is 14.8. The summed E-state index contributed by atoms with van der Waals surface area (Å²) in [7, 11) is 0. The van der Waals surface area contributed by atoms with Gasteiger partial charge in [-0.1, -0.05) is 19.1 Å². The monoisotopic (exact) mass is 288 g/mol. The first-order valence-electron chi connectivity index (χ1n) is 7.48. The zero-order valence-electron chi connectivity index (χ0n) is 12.2. The molecule has 2 saturated heterocycles. The lowest BCUT2D eigenvalue weighted by molar-refractivity contribution is -0.123. The van der Waals surface area contributed by atoms with Crippen LogP contribution in [-0.2, 0) is 20.7 Å². The molecule has 112 valence electrons. The van der Waals surface area contributed by atoms with Crippen LogP contribution in [0.15, 0.2) is 24.3 Å². The van der Waals surface area contributed by atoms with Crippen molar-refractivity contribution in [3.05, 3.63) is 29.8 Å². The van der Waals surface area contributed by atoms with Crippen LogP contribution in [0, 0.1) is 0 Å². The maximum atomic E-state index is 12.6. The summed E-state index contributed by atoms with van der Waals surface area (Å²) in [5, 5.41) is 0. The Hall–Kier alpha value is -1.72. The van der Waals surface area contributed by atoms with Crippen molar-refractivity contribution in [3.8, 4) is 0 Å². The average molecular weight is 288 g/mol. The molecule has 2 aliphatic heterocycles. The lowest BCUT2D eigenvalue weighted by Crippen LogP contribution is -2.47. The quantitative estimate of drug-likeness (QED) is 0.785. The maximum absolute atomic E-state index is 12.6. The minimum Gasteiger partial charge on any atom is -0.379 e. The molecule has 5 heteroatoms. The van der Waals surface area contributed by atoms with Crippen molar-refractivity contribution in [3.63, 3.8) is 0 Å². The number of morpholine rings is 1. The van der Waals surface area contributed by atoms with Gasteiger partial charge in [-0.15, -0.1) is 0 Å². The van der Waals surface area contributed by atoms with Gasteiger partial charge in [-0.05, 0) is 24.1 Å². The molecule has 0 aromatic heterocycles. The zero-order valence-corrected chi connectivity index (χ0v) is 12.2. The highest BCUT2D eigenvalue weighted by molar-refractivity contribution is 6.22. The van der Waals surface area contributed by atoms with Crippen LogP contribution < -0.4 is 4.90 Å². The second kappa shape index (κ2) is 5.95. The number of imide groups is 1. The van der Waals surface area contributed by atoms with Crippen molar-refractivity contribution in [2.75, 3.05) is 31.2 Å². The fourth-order valence-electron chi connectivity index (χ4n) is 2.94. The predicted octanol–water partition coefficient (Wildman–Crippen LogP) is 1.21. The molecular weight excluding hydrogens is 268 g/mol. The fourth-order valence-corrected chi connectivity index (χ4v) is 2.94. The third kappa shape index (κ3) is 2.71. The van der Waals surface area contributed by atoms with Crippen LogP contribution in [0.2, 0.25) is 0 Å². The molecule has 0 bridgehead atoms. The normalized spacial score (nSPS) is 23.9. The van der Waals surface area contributed by atoms with E-state index >= 15 is 0 Å². The molecule has 0 saturated carbocycles. The number of ether oxygens (including phenoxy) is 1. The van der Waals surface area contributed by atoms with E-state index in [0.29, 0.717) is 32.0 Å². The molecule has 0 radical (unpaired) electrons. The van der Waals surface area contributed by atoms with Gasteiger partial charge in [0.15, 0.2) is 0 Å². The highest BCUT2D eigenvalue weighted by Gasteiger charge is 2.42. The van der Waals surface area contributed by atoms with Gasteiger partial charge >= 0.3 is 0 Å². The van der Waals surface area contributed by atoms with E-state index in [1.807, 2.05) is 24.3 Å². The molecule has 0 N–H and O–H groups in total. The minimum atomic E-state index is -0.327. The Morgan fingerprint density at radius 3 is 2.43 bits per heavy atom. The molecule has 3 rings (SSSR count). The standard InChI is InChI=1S/C16H20N2O3/c1-2-12-3-5-13(6-4-12)18-15(19)11-14(16(18)20)17-7-9-21-10-8-17/h3-6,14H,2,7-11H2,1H3/t14-/m1/s1. The van der Waals surface area contributed by atoms with Gasteiger partial charge in [0.2, 0.25) is 5.91 Å². The number of benzene rings is 1. The molecular formula is C16H20N2O3. The Morgan fingerprint density at radius 1 is 1.14 bits per heavy atom. The van der Waals surface area contributed by atoms with E-state index in [-0.39, 0.29) is 24.3 Å². The summed E-state index contributed by atoms with van der Waals surface area (Å²) in [5.41, 5.74) is 1.88. The van der Waals surface area contributed by atoms with Crippen LogP contribution in [0.25, 0.3) is 0 Å². The van der Waals surface area contributed by atoms with Crippen molar-refractivity contribution in [2.45, 2.75) is 25.8 Å². The molecule has 21 heavy (non-hydrogen) atoms. The van der Waals surface area contributed by atoms with E-state index in [4.69, 9.17) is 4.74 Å². The lowest BCUT2D eigenvalue weighted by Gasteiger charge is -2.30. The molecule has 0 unspecified atom stereocenters. The molecule has 2 heterocycles. The van der Waals surface area contributed by atoms with Crippen LogP contribution >= 0.6 is 0 Å². The van der Waals surface area contributed by atoms with Gasteiger partial charge in [0.25, 0.3) is 5.91 Å². The van der Waals surface area contributed by atoms with E-state index in [1.54, 1.807) is 0 Å². The van der Waals surface area contributed by atoms with Gasteiger partial charge in [-0.2, -0.15) is 0 Å². The molecule has 1 atom stereocenters. The molecule has 2 aliphatic rings. The van der Waals surface area contributed by atoms with Crippen LogP contribution in [0.3, 0.4) is 0 Å². The Balaban J connectivity index is 1.79. The Bertz CT molecular complexity index is 535. The van der Waals surface area contributed by atoms with Crippen LogP contribution in [0.5, 0.6) is 0 Å². The van der Waals surface area contributed by atoms with Crippen molar-refractivity contribution < 1.29 is 14.3 Å². The summed E-state index contributed by atoms with van der Waals surface area (Å²) >= 11 is 0. The number of hydrogen-bond donors (Lipinski definition) is 0. The summed E-state index contributed by atoms with van der Waals surface area (Å²) in [6.45, 7) is 4.76. The molecule has 2 fully saturated rings. The number of nitrogens with zero attached hydrogens (tertiary/aromatic N) is 2. The Labute approximate surface area is 124 Å². The molecule has 5 nitrogen and oxygen atoms in total. The van der Waals surface area contributed by atoms with Crippen LogP contribution in [0.4, 0.5) is 5.69 Å². The summed E-state index contributed by atoms with van der Waals surface area (Å²) in [6, 6.07) is 7.33. The number of carbonyl (C=O) groups is 2. The maximum Gasteiger partial charge on any atom is 0.251 e. The first kappa shape index (κ1) is 14.2. The summed E-state index contributed by atoms with van der Waals surface area (Å²) in [6.07, 6.45) is 1.22. The van der Waals surface area contributed by atoms with Gasteiger partial charge in [0, 0.05) is 13.1 Å². The number of aryl methyl sites for hydroxylation is 1. The molecule has 1 aromatic rings. The minimum absolute atomic E-state index is 0.105. The topological polar surface area (TPSA) is 49.9 Å². The molecule has 1 aromatic carbocycles. The van der Waals surface area contributed by atoms with Crippen molar-refractivity contribution in [1.82, 2.24) is 4.90 Å². The predicted molar refractivity (Wildman–Crippen MR) is 79.1 cm³/mol. The summed E-state index contributed by atoms with van der Waals surface area (Å²) in [4.78, 5) is 28.2. The van der Waals surface area contributed by atoms with Gasteiger partial charge in [0.05, 0.1) is 31.4 Å². The van der Waals surface area contributed by atoms with Crippen molar-refractivity contribution >= 4 is 17.5 Å². The van der Waals surface area contributed by atoms with E-state index in [9.17, 15) is 9.59 Å². The van der Waals surface area contributed by atoms with Gasteiger partial charge in [-0.25, -0.2) is 4.90 Å². The average Bonchev–Trinajstić information content (AvgIpc) is 2.83.